The predicted octanol–water partition coefficient (Wildman–Crippen LogP) is 2.36. The van der Waals surface area contributed by atoms with Gasteiger partial charge in [-0.1, -0.05) is 25.4 Å². The van der Waals surface area contributed by atoms with Crippen molar-refractivity contribution in [3.05, 3.63) is 28.8 Å². The van der Waals surface area contributed by atoms with Crippen LogP contribution in [0.1, 0.15) is 30.6 Å². The highest BCUT2D eigenvalue weighted by Gasteiger charge is 2.19. The number of halogens is 1. The Balaban J connectivity index is 3.00. The summed E-state index contributed by atoms with van der Waals surface area (Å²) in [6.07, 6.45) is 0.690. The highest BCUT2D eigenvalue weighted by molar-refractivity contribution is 7.89. The van der Waals surface area contributed by atoms with Gasteiger partial charge in [-0.25, -0.2) is 17.9 Å². The van der Waals surface area contributed by atoms with E-state index in [1.54, 1.807) is 0 Å². The molecule has 2 N–H and O–H groups in total. The van der Waals surface area contributed by atoms with Gasteiger partial charge >= 0.3 is 5.97 Å². The number of carbonyl (C=O) groups is 1. The molecule has 0 aliphatic heterocycles. The Hall–Kier alpha value is -1.11. The third-order valence-corrected chi connectivity index (χ3v) is 4.42. The summed E-state index contributed by atoms with van der Waals surface area (Å²) in [7, 11) is -3.79. The van der Waals surface area contributed by atoms with Crippen molar-refractivity contribution in [1.82, 2.24) is 4.72 Å². The van der Waals surface area contributed by atoms with Gasteiger partial charge in [-0.2, -0.15) is 0 Å². The SMILES string of the molecule is CC(C)CCNS(=O)(=O)c1cc(C(=O)O)ccc1Cl. The zero-order valence-corrected chi connectivity index (χ0v) is 12.3. The Morgan fingerprint density at radius 2 is 2.05 bits per heavy atom. The lowest BCUT2D eigenvalue weighted by Crippen LogP contribution is -2.26. The number of aromatic carboxylic acids is 1. The molecular formula is C12H16ClNO4S. The third kappa shape index (κ3) is 4.49. The average Bonchev–Trinajstić information content (AvgIpc) is 2.28. The molecular weight excluding hydrogens is 290 g/mol. The summed E-state index contributed by atoms with van der Waals surface area (Å²) in [5.41, 5.74) is -0.117. The first-order valence-corrected chi connectivity index (χ1v) is 7.62. The van der Waals surface area contributed by atoms with Crippen LogP contribution in [0.2, 0.25) is 5.02 Å². The number of carboxylic acid groups (broad SMARTS) is 1. The molecule has 0 fully saturated rings. The third-order valence-electron chi connectivity index (χ3n) is 2.48. The second-order valence-electron chi connectivity index (χ2n) is 4.53. The van der Waals surface area contributed by atoms with Crippen LogP contribution in [0.4, 0.5) is 0 Å². The topological polar surface area (TPSA) is 83.5 Å². The van der Waals surface area contributed by atoms with E-state index in [2.05, 4.69) is 4.72 Å². The fourth-order valence-corrected chi connectivity index (χ4v) is 2.97. The minimum Gasteiger partial charge on any atom is -0.478 e. The Labute approximate surface area is 117 Å². The highest BCUT2D eigenvalue weighted by atomic mass is 35.5. The van der Waals surface area contributed by atoms with Crippen molar-refractivity contribution >= 4 is 27.6 Å². The maximum Gasteiger partial charge on any atom is 0.335 e. The molecule has 106 valence electrons. The summed E-state index contributed by atoms with van der Waals surface area (Å²) >= 11 is 5.81. The van der Waals surface area contributed by atoms with Crippen LogP contribution >= 0.6 is 11.6 Å². The van der Waals surface area contributed by atoms with Crippen LogP contribution in [0, 0.1) is 5.92 Å². The van der Waals surface area contributed by atoms with Crippen molar-refractivity contribution in [3.63, 3.8) is 0 Å². The summed E-state index contributed by atoms with van der Waals surface area (Å²) in [6, 6.07) is 3.59. The molecule has 1 rings (SSSR count). The van der Waals surface area contributed by atoms with Crippen LogP contribution in [-0.4, -0.2) is 26.0 Å². The van der Waals surface area contributed by atoms with Gasteiger partial charge in [0.05, 0.1) is 10.6 Å². The second-order valence-corrected chi connectivity index (χ2v) is 6.67. The van der Waals surface area contributed by atoms with E-state index in [1.165, 1.54) is 12.1 Å². The van der Waals surface area contributed by atoms with Gasteiger partial charge in [0.15, 0.2) is 0 Å². The van der Waals surface area contributed by atoms with Gasteiger partial charge in [0, 0.05) is 6.54 Å². The molecule has 1 aromatic carbocycles. The van der Waals surface area contributed by atoms with E-state index in [1.807, 2.05) is 13.8 Å². The lowest BCUT2D eigenvalue weighted by molar-refractivity contribution is 0.0696. The van der Waals surface area contributed by atoms with Crippen molar-refractivity contribution in [2.45, 2.75) is 25.2 Å². The molecule has 5 nitrogen and oxygen atoms in total. The molecule has 0 aromatic heterocycles. The van der Waals surface area contributed by atoms with E-state index < -0.39 is 16.0 Å². The van der Waals surface area contributed by atoms with E-state index in [-0.39, 0.29) is 22.0 Å². The number of benzene rings is 1. The summed E-state index contributed by atoms with van der Waals surface area (Å²) in [6.45, 7) is 4.24. The van der Waals surface area contributed by atoms with Gasteiger partial charge in [-0.05, 0) is 30.5 Å². The van der Waals surface area contributed by atoms with Crippen LogP contribution in [0.25, 0.3) is 0 Å². The molecule has 0 aliphatic carbocycles. The molecule has 0 unspecified atom stereocenters. The van der Waals surface area contributed by atoms with Crippen molar-refractivity contribution in [2.75, 3.05) is 6.54 Å². The molecule has 19 heavy (non-hydrogen) atoms. The highest BCUT2D eigenvalue weighted by Crippen LogP contribution is 2.22. The lowest BCUT2D eigenvalue weighted by Gasteiger charge is -2.10. The van der Waals surface area contributed by atoms with Crippen LogP contribution in [0.5, 0.6) is 0 Å². The van der Waals surface area contributed by atoms with Gasteiger partial charge < -0.3 is 5.11 Å². The molecule has 0 amide bonds. The van der Waals surface area contributed by atoms with Gasteiger partial charge in [0.1, 0.15) is 4.90 Å². The maximum absolute atomic E-state index is 12.0. The number of rotatable bonds is 6. The molecule has 1 aromatic rings. The molecule has 0 aliphatic rings. The number of sulfonamides is 1. The van der Waals surface area contributed by atoms with Crippen molar-refractivity contribution in [2.24, 2.45) is 5.92 Å². The first-order chi connectivity index (χ1) is 8.74. The van der Waals surface area contributed by atoms with Gasteiger partial charge in [-0.15, -0.1) is 0 Å². The largest absolute Gasteiger partial charge is 0.478 e. The number of nitrogens with one attached hydrogen (secondary N) is 1. The van der Waals surface area contributed by atoms with Crippen molar-refractivity contribution in [1.29, 1.82) is 0 Å². The smallest absolute Gasteiger partial charge is 0.335 e. The summed E-state index contributed by atoms with van der Waals surface area (Å²) in [5, 5.41) is 8.86. The van der Waals surface area contributed by atoms with Crippen molar-refractivity contribution in [3.8, 4) is 0 Å². The minimum atomic E-state index is -3.79. The van der Waals surface area contributed by atoms with E-state index in [4.69, 9.17) is 16.7 Å². The fraction of sp³-hybridized carbons (Fsp3) is 0.417. The van der Waals surface area contributed by atoms with Gasteiger partial charge in [-0.3, -0.25) is 0 Å². The molecule has 0 spiro atoms. The molecule has 7 heteroatoms. The summed E-state index contributed by atoms with van der Waals surface area (Å²) < 4.78 is 26.5. The quantitative estimate of drug-likeness (QED) is 0.845. The summed E-state index contributed by atoms with van der Waals surface area (Å²) in [4.78, 5) is 10.6. The zero-order chi connectivity index (χ0) is 14.6. The Kier molecular flexibility index (Phi) is 5.34. The van der Waals surface area contributed by atoms with Crippen LogP contribution in [0.3, 0.4) is 0 Å². The Morgan fingerprint density at radius 3 is 2.58 bits per heavy atom. The first kappa shape index (κ1) is 15.9. The zero-order valence-electron chi connectivity index (χ0n) is 10.7. The van der Waals surface area contributed by atoms with Crippen molar-refractivity contribution < 1.29 is 18.3 Å². The first-order valence-electron chi connectivity index (χ1n) is 5.76. The van der Waals surface area contributed by atoms with Crippen LogP contribution in [0.15, 0.2) is 23.1 Å². The molecule has 0 atom stereocenters. The van der Waals surface area contributed by atoms with E-state index in [0.29, 0.717) is 12.3 Å². The lowest BCUT2D eigenvalue weighted by atomic mass is 10.1. The van der Waals surface area contributed by atoms with Crippen LogP contribution in [-0.2, 0) is 10.0 Å². The Morgan fingerprint density at radius 1 is 1.42 bits per heavy atom. The van der Waals surface area contributed by atoms with Gasteiger partial charge in [0.25, 0.3) is 0 Å². The second kappa shape index (κ2) is 6.36. The molecule has 0 saturated heterocycles. The van der Waals surface area contributed by atoms with E-state index in [9.17, 15) is 13.2 Å². The van der Waals surface area contributed by atoms with E-state index in [0.717, 1.165) is 6.07 Å². The summed E-state index contributed by atoms with van der Waals surface area (Å²) in [5.74, 6) is -0.834. The minimum absolute atomic E-state index is 0.00190. The van der Waals surface area contributed by atoms with Crippen LogP contribution < -0.4 is 4.72 Å². The molecule has 0 saturated carbocycles. The number of hydrogen-bond donors (Lipinski definition) is 2. The predicted molar refractivity (Wildman–Crippen MR) is 73.1 cm³/mol. The number of carboxylic acids is 1. The molecule has 0 radical (unpaired) electrons. The average molecular weight is 306 g/mol. The van der Waals surface area contributed by atoms with Gasteiger partial charge in [0.2, 0.25) is 10.0 Å². The standard InChI is InChI=1S/C12H16ClNO4S/c1-8(2)5-6-14-19(17,18)11-7-9(12(15)16)3-4-10(11)13/h3-4,7-8,14H,5-6H2,1-2H3,(H,15,16). The Bertz CT molecular complexity index is 569. The maximum atomic E-state index is 12.0. The monoisotopic (exact) mass is 305 g/mol. The number of hydrogen-bond acceptors (Lipinski definition) is 3. The normalized spacial score (nSPS) is 11.8. The van der Waals surface area contributed by atoms with E-state index >= 15 is 0 Å². The molecule has 0 heterocycles. The fourth-order valence-electron chi connectivity index (χ4n) is 1.40. The molecule has 0 bridgehead atoms.